The van der Waals surface area contributed by atoms with E-state index in [9.17, 15) is 4.79 Å². The van der Waals surface area contributed by atoms with Crippen LogP contribution in [0.3, 0.4) is 0 Å². The van der Waals surface area contributed by atoms with Crippen LogP contribution in [0.15, 0.2) is 27.3 Å². The molecule has 0 radical (unpaired) electrons. The van der Waals surface area contributed by atoms with Crippen LogP contribution in [0.5, 0.6) is 0 Å². The number of aryl methyl sites for hydroxylation is 2. The molecule has 0 bridgehead atoms. The Morgan fingerprint density at radius 1 is 1.24 bits per heavy atom. The number of rotatable bonds is 3. The lowest BCUT2D eigenvalue weighted by Gasteiger charge is -2.00. The summed E-state index contributed by atoms with van der Waals surface area (Å²) in [5, 5.41) is 1.50. The third-order valence-electron chi connectivity index (χ3n) is 4.29. The Hall–Kier alpha value is -1.41. The third kappa shape index (κ3) is 2.79. The van der Waals surface area contributed by atoms with Gasteiger partial charge >= 0.3 is 0 Å². The van der Waals surface area contributed by atoms with E-state index >= 15 is 0 Å². The number of aromatic amines is 1. The summed E-state index contributed by atoms with van der Waals surface area (Å²) in [4.78, 5) is 26.9. The second kappa shape index (κ2) is 6.09. The lowest BCUT2D eigenvalue weighted by atomic mass is 10.2. The van der Waals surface area contributed by atoms with Gasteiger partial charge in [-0.25, -0.2) is 9.97 Å². The van der Waals surface area contributed by atoms with Crippen molar-refractivity contribution in [1.29, 1.82) is 0 Å². The molecule has 1 N–H and O–H groups in total. The summed E-state index contributed by atoms with van der Waals surface area (Å²) >= 11 is 10.9. The average molecular weight is 406 g/mol. The molecule has 25 heavy (non-hydrogen) atoms. The molecular weight excluding hydrogens is 394 g/mol. The predicted molar refractivity (Wildman–Crippen MR) is 106 cm³/mol. The molecule has 0 saturated carbocycles. The standard InChI is InChI=1S/C17H12ClN3OS3/c18-8-4-5-12-10(6-8)19-17(25-12)23-7-13-20-15(22)14-9-2-1-3-11(9)24-16(14)21-13/h4-6H,1-3,7H2,(H,20,21,22). The Morgan fingerprint density at radius 2 is 2.16 bits per heavy atom. The Labute approximate surface area is 160 Å². The van der Waals surface area contributed by atoms with E-state index in [-0.39, 0.29) is 5.56 Å². The molecule has 0 aliphatic heterocycles. The van der Waals surface area contributed by atoms with Crippen molar-refractivity contribution in [2.45, 2.75) is 29.4 Å². The molecule has 0 fully saturated rings. The van der Waals surface area contributed by atoms with Crippen LogP contribution in [-0.2, 0) is 18.6 Å². The molecule has 0 spiro atoms. The van der Waals surface area contributed by atoms with E-state index in [1.807, 2.05) is 18.2 Å². The van der Waals surface area contributed by atoms with Crippen molar-refractivity contribution in [3.63, 3.8) is 0 Å². The Balaban J connectivity index is 1.44. The largest absolute Gasteiger partial charge is 0.309 e. The van der Waals surface area contributed by atoms with Crippen molar-refractivity contribution in [3.8, 4) is 0 Å². The van der Waals surface area contributed by atoms with E-state index in [2.05, 4.69) is 15.0 Å². The highest BCUT2D eigenvalue weighted by Crippen LogP contribution is 2.35. The van der Waals surface area contributed by atoms with Gasteiger partial charge in [0.25, 0.3) is 5.56 Å². The van der Waals surface area contributed by atoms with Gasteiger partial charge in [0.05, 0.1) is 21.4 Å². The summed E-state index contributed by atoms with van der Waals surface area (Å²) in [7, 11) is 0. The zero-order valence-corrected chi connectivity index (χ0v) is 16.2. The number of thiophene rings is 1. The summed E-state index contributed by atoms with van der Waals surface area (Å²) < 4.78 is 2.06. The molecule has 126 valence electrons. The van der Waals surface area contributed by atoms with E-state index in [1.165, 1.54) is 10.4 Å². The van der Waals surface area contributed by atoms with Crippen molar-refractivity contribution in [2.75, 3.05) is 0 Å². The van der Waals surface area contributed by atoms with Crippen LogP contribution in [0.2, 0.25) is 5.02 Å². The monoisotopic (exact) mass is 405 g/mol. The summed E-state index contributed by atoms with van der Waals surface area (Å²) in [5.74, 6) is 1.31. The number of hydrogen-bond donors (Lipinski definition) is 1. The SMILES string of the molecule is O=c1[nH]c(CSc2nc3cc(Cl)ccc3s2)nc2sc3c(c12)CCC3. The number of thiazole rings is 1. The molecule has 3 aromatic heterocycles. The zero-order chi connectivity index (χ0) is 17.0. The van der Waals surface area contributed by atoms with Gasteiger partial charge in [-0.15, -0.1) is 22.7 Å². The molecule has 4 nitrogen and oxygen atoms in total. The van der Waals surface area contributed by atoms with E-state index < -0.39 is 0 Å². The molecule has 0 atom stereocenters. The molecule has 1 aliphatic rings. The number of nitrogens with one attached hydrogen (secondary N) is 1. The predicted octanol–water partition coefficient (Wildman–Crippen LogP) is 5.03. The Kier molecular flexibility index (Phi) is 3.85. The molecule has 0 amide bonds. The second-order valence-corrected chi connectivity index (χ2v) is 9.70. The second-order valence-electron chi connectivity index (χ2n) is 5.93. The van der Waals surface area contributed by atoms with Crippen LogP contribution in [0, 0.1) is 0 Å². The fraction of sp³-hybridized carbons (Fsp3) is 0.235. The van der Waals surface area contributed by atoms with Gasteiger partial charge in [0, 0.05) is 9.90 Å². The zero-order valence-electron chi connectivity index (χ0n) is 13.0. The van der Waals surface area contributed by atoms with Gasteiger partial charge in [-0.2, -0.15) is 0 Å². The van der Waals surface area contributed by atoms with Crippen LogP contribution in [-0.4, -0.2) is 15.0 Å². The molecule has 1 aromatic carbocycles. The normalized spacial score (nSPS) is 13.8. The third-order valence-corrected chi connectivity index (χ3v) is 7.90. The van der Waals surface area contributed by atoms with Crippen molar-refractivity contribution < 1.29 is 0 Å². The first kappa shape index (κ1) is 15.8. The molecule has 3 heterocycles. The van der Waals surface area contributed by atoms with E-state index in [0.717, 1.165) is 44.0 Å². The smallest absolute Gasteiger partial charge is 0.259 e. The van der Waals surface area contributed by atoms with E-state index in [1.54, 1.807) is 34.4 Å². The van der Waals surface area contributed by atoms with Gasteiger partial charge in [-0.05, 0) is 43.0 Å². The fourth-order valence-corrected chi connectivity index (χ4v) is 6.55. The number of thioether (sulfide) groups is 1. The number of benzene rings is 1. The highest BCUT2D eigenvalue weighted by atomic mass is 35.5. The van der Waals surface area contributed by atoms with Gasteiger partial charge < -0.3 is 4.98 Å². The van der Waals surface area contributed by atoms with Crippen LogP contribution in [0.25, 0.3) is 20.4 Å². The van der Waals surface area contributed by atoms with Gasteiger partial charge in [0.15, 0.2) is 4.34 Å². The van der Waals surface area contributed by atoms with Crippen molar-refractivity contribution in [1.82, 2.24) is 15.0 Å². The molecule has 8 heteroatoms. The molecule has 5 rings (SSSR count). The van der Waals surface area contributed by atoms with Gasteiger partial charge in [0.2, 0.25) is 0 Å². The maximum atomic E-state index is 12.5. The number of hydrogen-bond acceptors (Lipinski definition) is 6. The fourth-order valence-electron chi connectivity index (χ4n) is 3.19. The highest BCUT2D eigenvalue weighted by Gasteiger charge is 2.21. The van der Waals surface area contributed by atoms with Crippen LogP contribution in [0.1, 0.15) is 22.7 Å². The minimum absolute atomic E-state index is 0.00363. The number of fused-ring (bicyclic) bond motifs is 4. The van der Waals surface area contributed by atoms with Crippen LogP contribution < -0.4 is 5.56 Å². The minimum atomic E-state index is -0.00363. The Bertz CT molecular complexity index is 1180. The topological polar surface area (TPSA) is 58.6 Å². The lowest BCUT2D eigenvalue weighted by molar-refractivity contribution is 0.916. The first-order valence-electron chi connectivity index (χ1n) is 7.90. The average Bonchev–Trinajstić information content (AvgIpc) is 3.25. The van der Waals surface area contributed by atoms with Crippen molar-refractivity contribution >= 4 is 66.5 Å². The molecule has 0 saturated heterocycles. The summed E-state index contributed by atoms with van der Waals surface area (Å²) in [6.45, 7) is 0. The van der Waals surface area contributed by atoms with Gasteiger partial charge in [0.1, 0.15) is 10.7 Å². The summed E-state index contributed by atoms with van der Waals surface area (Å²) in [6, 6.07) is 5.73. The lowest BCUT2D eigenvalue weighted by Crippen LogP contribution is -2.11. The van der Waals surface area contributed by atoms with Crippen molar-refractivity contribution in [3.05, 3.63) is 49.8 Å². The quantitative estimate of drug-likeness (QED) is 0.485. The molecule has 1 aliphatic carbocycles. The Morgan fingerprint density at radius 3 is 3.08 bits per heavy atom. The first-order chi connectivity index (χ1) is 12.2. The van der Waals surface area contributed by atoms with Crippen LogP contribution >= 0.6 is 46.0 Å². The molecular formula is C17H12ClN3OS3. The molecule has 0 unspecified atom stereocenters. The summed E-state index contributed by atoms with van der Waals surface area (Å²) in [5.41, 5.74) is 2.12. The summed E-state index contributed by atoms with van der Waals surface area (Å²) in [6.07, 6.45) is 3.23. The first-order valence-corrected chi connectivity index (χ1v) is 10.9. The van der Waals surface area contributed by atoms with E-state index in [0.29, 0.717) is 16.6 Å². The van der Waals surface area contributed by atoms with Gasteiger partial charge in [-0.1, -0.05) is 23.4 Å². The number of nitrogens with zero attached hydrogens (tertiary/aromatic N) is 2. The molecule has 4 aromatic rings. The van der Waals surface area contributed by atoms with Crippen LogP contribution in [0.4, 0.5) is 0 Å². The number of H-pyrrole nitrogens is 1. The van der Waals surface area contributed by atoms with Gasteiger partial charge in [-0.3, -0.25) is 4.79 Å². The van der Waals surface area contributed by atoms with Crippen molar-refractivity contribution in [2.24, 2.45) is 0 Å². The maximum Gasteiger partial charge on any atom is 0.259 e. The highest BCUT2D eigenvalue weighted by molar-refractivity contribution is 8.00. The number of halogens is 1. The minimum Gasteiger partial charge on any atom is -0.309 e. The maximum absolute atomic E-state index is 12.5. The number of aromatic nitrogens is 3. The van der Waals surface area contributed by atoms with E-state index in [4.69, 9.17) is 11.6 Å².